The highest BCUT2D eigenvalue weighted by atomic mass is 32.1. The summed E-state index contributed by atoms with van der Waals surface area (Å²) < 4.78 is 11.1. The molecule has 0 bridgehead atoms. The highest BCUT2D eigenvalue weighted by Gasteiger charge is 2.21. The van der Waals surface area contributed by atoms with Gasteiger partial charge in [-0.2, -0.15) is 0 Å². The Morgan fingerprint density at radius 3 is 2.04 bits per heavy atom. The first-order chi connectivity index (χ1) is 28.2. The number of para-hydroxylation sites is 2. The molecule has 6 heteroatoms. The van der Waals surface area contributed by atoms with Gasteiger partial charge in [0.05, 0.1) is 16.7 Å². The zero-order valence-electron chi connectivity index (χ0n) is 30.7. The molecule has 4 aromatic heterocycles. The predicted molar refractivity (Wildman–Crippen MR) is 237 cm³/mol. The molecule has 0 aliphatic heterocycles. The summed E-state index contributed by atoms with van der Waals surface area (Å²) in [7, 11) is 0. The van der Waals surface area contributed by atoms with Crippen LogP contribution < -0.4 is 0 Å². The summed E-state index contributed by atoms with van der Waals surface area (Å²) in [6, 6.07) is 54.0. The van der Waals surface area contributed by atoms with Crippen molar-refractivity contribution in [1.29, 1.82) is 0 Å². The number of fused-ring (bicyclic) bond motifs is 9. The summed E-state index contributed by atoms with van der Waals surface area (Å²) >= 11 is 1.81. The third kappa shape index (κ3) is 5.18. The Bertz CT molecular complexity index is 3480. The maximum absolute atomic E-state index is 6.17. The van der Waals surface area contributed by atoms with Crippen LogP contribution in [0.5, 0.6) is 0 Å². The van der Waals surface area contributed by atoms with Crippen LogP contribution in [0.4, 0.5) is 0 Å². The van der Waals surface area contributed by atoms with Gasteiger partial charge < -0.3 is 8.98 Å². The molecule has 5 nitrogen and oxygen atoms in total. The van der Waals surface area contributed by atoms with Gasteiger partial charge in [-0.15, -0.1) is 11.3 Å². The van der Waals surface area contributed by atoms with Gasteiger partial charge in [0.2, 0.25) is 0 Å². The van der Waals surface area contributed by atoms with Crippen LogP contribution in [0.1, 0.15) is 18.7 Å². The molecule has 57 heavy (non-hydrogen) atoms. The fourth-order valence-corrected chi connectivity index (χ4v) is 9.78. The number of nitrogens with zero attached hydrogens (tertiary/aromatic N) is 4. The van der Waals surface area contributed by atoms with E-state index < -0.39 is 0 Å². The van der Waals surface area contributed by atoms with Gasteiger partial charge in [-0.05, 0) is 84.1 Å². The maximum Gasteiger partial charge on any atom is 0.164 e. The number of thiophene rings is 1. The van der Waals surface area contributed by atoms with Crippen molar-refractivity contribution in [1.82, 2.24) is 19.5 Å². The molecule has 12 rings (SSSR count). The van der Waals surface area contributed by atoms with E-state index in [1.54, 1.807) is 0 Å². The number of aromatic nitrogens is 4. The van der Waals surface area contributed by atoms with E-state index in [9.17, 15) is 0 Å². The third-order valence-electron chi connectivity index (χ3n) is 11.3. The number of benzene rings is 7. The Balaban J connectivity index is 1.11. The first kappa shape index (κ1) is 32.1. The number of rotatable bonds is 5. The lowest BCUT2D eigenvalue weighted by molar-refractivity contribution is 0.669. The summed E-state index contributed by atoms with van der Waals surface area (Å²) in [4.78, 5) is 15.4. The first-order valence-corrected chi connectivity index (χ1v) is 20.1. The molecule has 1 aliphatic carbocycles. The Morgan fingerprint density at radius 1 is 0.491 bits per heavy atom. The molecule has 4 heterocycles. The monoisotopic (exact) mass is 748 g/mol. The highest BCUT2D eigenvalue weighted by molar-refractivity contribution is 7.26. The summed E-state index contributed by atoms with van der Waals surface area (Å²) in [6.07, 6.45) is 8.30. The minimum atomic E-state index is 0.667. The Hall–Kier alpha value is -7.15. The number of allylic oxidation sites excluding steroid dienone is 4. The van der Waals surface area contributed by atoms with Crippen molar-refractivity contribution in [3.8, 4) is 39.6 Å². The number of furan rings is 1. The van der Waals surface area contributed by atoms with Crippen molar-refractivity contribution in [2.75, 3.05) is 0 Å². The lowest BCUT2D eigenvalue weighted by atomic mass is 10.0. The van der Waals surface area contributed by atoms with Gasteiger partial charge in [-0.25, -0.2) is 15.0 Å². The van der Waals surface area contributed by atoms with E-state index in [1.165, 1.54) is 30.9 Å². The molecule has 11 aromatic rings. The summed E-state index contributed by atoms with van der Waals surface area (Å²) in [6.45, 7) is 0. The van der Waals surface area contributed by atoms with Crippen LogP contribution in [-0.2, 0) is 0 Å². The van der Waals surface area contributed by atoms with E-state index >= 15 is 0 Å². The standard InChI is InChI=1S/C51H32N4OS/c1-3-13-31(14-4-1)49-52-50(32-15-5-2-6-16-32)54-51(53-49)35-29-43(48-38-19-9-12-22-46(38)57-47(48)30-35)55-41-20-10-7-17-36(41)39-27-33(23-25-42(39)55)34-24-26-45-40(28-34)37-18-8-11-21-44(37)56-45/h1-5,7-15,17-30H,6,16H2. The number of hydrogen-bond donors (Lipinski definition) is 0. The summed E-state index contributed by atoms with van der Waals surface area (Å²) in [5.41, 5.74) is 10.6. The van der Waals surface area contributed by atoms with Crippen LogP contribution >= 0.6 is 11.3 Å². The topological polar surface area (TPSA) is 56.7 Å². The zero-order valence-corrected chi connectivity index (χ0v) is 31.5. The average molecular weight is 749 g/mol. The molecule has 268 valence electrons. The van der Waals surface area contributed by atoms with Gasteiger partial charge in [-0.1, -0.05) is 115 Å². The Kier molecular flexibility index (Phi) is 7.16. The zero-order chi connectivity index (χ0) is 37.5. The second-order valence-corrected chi connectivity index (χ2v) is 15.8. The van der Waals surface area contributed by atoms with Crippen LogP contribution in [-0.4, -0.2) is 19.5 Å². The molecule has 0 spiro atoms. The molecular formula is C51H32N4OS. The fourth-order valence-electron chi connectivity index (χ4n) is 8.61. The Labute approximate surface area is 331 Å². The molecule has 0 radical (unpaired) electrons. The lowest BCUT2D eigenvalue weighted by Gasteiger charge is -2.14. The van der Waals surface area contributed by atoms with E-state index in [0.29, 0.717) is 11.6 Å². The van der Waals surface area contributed by atoms with Crippen molar-refractivity contribution >= 4 is 80.8 Å². The Morgan fingerprint density at radius 2 is 1.18 bits per heavy atom. The second kappa shape index (κ2) is 12.7. The normalized spacial score (nSPS) is 13.2. The fraction of sp³-hybridized carbons (Fsp3) is 0.0392. The predicted octanol–water partition coefficient (Wildman–Crippen LogP) is 14.0. The molecule has 0 N–H and O–H groups in total. The lowest BCUT2D eigenvalue weighted by Crippen LogP contribution is -2.04. The molecule has 0 amide bonds. The molecule has 0 saturated heterocycles. The van der Waals surface area contributed by atoms with E-state index in [4.69, 9.17) is 19.4 Å². The van der Waals surface area contributed by atoms with Crippen LogP contribution in [0.3, 0.4) is 0 Å². The van der Waals surface area contributed by atoms with Crippen molar-refractivity contribution in [3.05, 3.63) is 176 Å². The summed E-state index contributed by atoms with van der Waals surface area (Å²) in [5, 5.41) is 7.12. The number of hydrogen-bond acceptors (Lipinski definition) is 5. The molecule has 0 unspecified atom stereocenters. The van der Waals surface area contributed by atoms with E-state index in [2.05, 4.69) is 144 Å². The average Bonchev–Trinajstić information content (AvgIpc) is 3.95. The minimum Gasteiger partial charge on any atom is -0.456 e. The van der Waals surface area contributed by atoms with Crippen LogP contribution in [0, 0.1) is 0 Å². The van der Waals surface area contributed by atoms with E-state index in [1.807, 2.05) is 41.7 Å². The van der Waals surface area contributed by atoms with Crippen molar-refractivity contribution in [2.24, 2.45) is 0 Å². The van der Waals surface area contributed by atoms with Crippen molar-refractivity contribution in [3.63, 3.8) is 0 Å². The van der Waals surface area contributed by atoms with Gasteiger partial charge >= 0.3 is 0 Å². The van der Waals surface area contributed by atoms with Crippen molar-refractivity contribution in [2.45, 2.75) is 12.8 Å². The molecule has 0 saturated carbocycles. The molecule has 7 aromatic carbocycles. The molecule has 0 fully saturated rings. The van der Waals surface area contributed by atoms with Gasteiger partial charge in [0, 0.05) is 52.8 Å². The minimum absolute atomic E-state index is 0.667. The van der Waals surface area contributed by atoms with E-state index in [-0.39, 0.29) is 0 Å². The third-order valence-corrected chi connectivity index (χ3v) is 12.4. The first-order valence-electron chi connectivity index (χ1n) is 19.3. The van der Waals surface area contributed by atoms with Crippen LogP contribution in [0.2, 0.25) is 0 Å². The largest absolute Gasteiger partial charge is 0.456 e. The van der Waals surface area contributed by atoms with Gasteiger partial charge in [0.25, 0.3) is 0 Å². The SMILES string of the molecule is C1=CCCC(c2nc(-c3ccccc3)nc(-c3cc(-n4c5ccccc5c5cc(-c6ccc7oc8ccccc8c7c6)ccc54)c4c(c3)sc3ccccc34)n2)=C1. The second-order valence-electron chi connectivity index (χ2n) is 14.7. The van der Waals surface area contributed by atoms with Gasteiger partial charge in [0.1, 0.15) is 11.2 Å². The van der Waals surface area contributed by atoms with Crippen molar-refractivity contribution < 1.29 is 4.42 Å². The maximum atomic E-state index is 6.17. The summed E-state index contributed by atoms with van der Waals surface area (Å²) in [5.74, 6) is 2.07. The highest BCUT2D eigenvalue weighted by Crippen LogP contribution is 2.44. The van der Waals surface area contributed by atoms with Gasteiger partial charge in [-0.3, -0.25) is 0 Å². The molecular weight excluding hydrogens is 717 g/mol. The van der Waals surface area contributed by atoms with Crippen LogP contribution in [0.15, 0.2) is 174 Å². The van der Waals surface area contributed by atoms with Gasteiger partial charge in [0.15, 0.2) is 17.5 Å². The van der Waals surface area contributed by atoms with E-state index in [0.717, 1.165) is 85.2 Å². The molecule has 1 aliphatic rings. The van der Waals surface area contributed by atoms with Crippen LogP contribution in [0.25, 0.3) is 109 Å². The molecule has 0 atom stereocenters. The quantitative estimate of drug-likeness (QED) is 0.176. The smallest absolute Gasteiger partial charge is 0.164 e.